The molecule has 3 rings (SSSR count). The van der Waals surface area contributed by atoms with Gasteiger partial charge in [-0.3, -0.25) is 14.5 Å². The van der Waals surface area contributed by atoms with Crippen molar-refractivity contribution in [1.29, 1.82) is 0 Å². The van der Waals surface area contributed by atoms with Crippen LogP contribution in [-0.2, 0) is 9.59 Å². The van der Waals surface area contributed by atoms with Gasteiger partial charge in [0, 0.05) is 11.9 Å². The number of anilines is 2. The molecule has 2 N–H and O–H groups in total. The van der Waals surface area contributed by atoms with Gasteiger partial charge in [0.25, 0.3) is 5.91 Å². The van der Waals surface area contributed by atoms with Gasteiger partial charge in [0.1, 0.15) is 6.54 Å². The average Bonchev–Trinajstić information content (AvgIpc) is 2.57. The SMILES string of the molecule is O=C(CN1C(=O)COc2cccnc21)Nc1cccc(C(=O)O)c1. The molecule has 0 radical (unpaired) electrons. The van der Waals surface area contributed by atoms with Crippen molar-refractivity contribution in [3.05, 3.63) is 48.2 Å². The summed E-state index contributed by atoms with van der Waals surface area (Å²) in [5.41, 5.74) is 0.393. The molecule has 0 bridgehead atoms. The average molecular weight is 327 g/mol. The second-order valence-electron chi connectivity index (χ2n) is 5.03. The summed E-state index contributed by atoms with van der Waals surface area (Å²) in [4.78, 5) is 40.4. The lowest BCUT2D eigenvalue weighted by Crippen LogP contribution is -2.43. The van der Waals surface area contributed by atoms with Crippen molar-refractivity contribution in [2.75, 3.05) is 23.4 Å². The van der Waals surface area contributed by atoms with Gasteiger partial charge in [-0.25, -0.2) is 9.78 Å². The predicted octanol–water partition coefficient (Wildman–Crippen LogP) is 1.14. The zero-order chi connectivity index (χ0) is 17.1. The Kier molecular flexibility index (Phi) is 4.11. The molecular formula is C16H13N3O5. The molecule has 8 heteroatoms. The number of fused-ring (bicyclic) bond motifs is 1. The van der Waals surface area contributed by atoms with Gasteiger partial charge in [-0.2, -0.15) is 0 Å². The van der Waals surface area contributed by atoms with E-state index in [9.17, 15) is 14.4 Å². The van der Waals surface area contributed by atoms with E-state index in [2.05, 4.69) is 10.3 Å². The quantitative estimate of drug-likeness (QED) is 0.872. The Morgan fingerprint density at radius 3 is 2.92 bits per heavy atom. The molecule has 2 heterocycles. The van der Waals surface area contributed by atoms with Crippen molar-refractivity contribution in [1.82, 2.24) is 4.98 Å². The molecule has 0 unspecified atom stereocenters. The predicted molar refractivity (Wildman–Crippen MR) is 84.1 cm³/mol. The maximum atomic E-state index is 12.2. The van der Waals surface area contributed by atoms with E-state index in [4.69, 9.17) is 9.84 Å². The summed E-state index contributed by atoms with van der Waals surface area (Å²) < 4.78 is 5.26. The van der Waals surface area contributed by atoms with Gasteiger partial charge in [0.15, 0.2) is 18.2 Å². The van der Waals surface area contributed by atoms with Gasteiger partial charge in [0.2, 0.25) is 5.91 Å². The summed E-state index contributed by atoms with van der Waals surface area (Å²) in [5.74, 6) is -1.23. The van der Waals surface area contributed by atoms with E-state index in [1.165, 1.54) is 29.3 Å². The van der Waals surface area contributed by atoms with Crippen LogP contribution in [-0.4, -0.2) is 41.0 Å². The Labute approximate surface area is 136 Å². The van der Waals surface area contributed by atoms with Gasteiger partial charge >= 0.3 is 5.97 Å². The summed E-state index contributed by atoms with van der Waals surface area (Å²) in [6.07, 6.45) is 1.50. The molecule has 24 heavy (non-hydrogen) atoms. The Balaban J connectivity index is 1.74. The number of aromatic carboxylic acids is 1. The van der Waals surface area contributed by atoms with Gasteiger partial charge in [-0.1, -0.05) is 6.07 Å². The number of carboxylic acid groups (broad SMARTS) is 1. The van der Waals surface area contributed by atoms with Crippen molar-refractivity contribution in [2.45, 2.75) is 0 Å². The van der Waals surface area contributed by atoms with Crippen LogP contribution in [0.15, 0.2) is 42.6 Å². The fourth-order valence-corrected chi connectivity index (χ4v) is 2.27. The standard InChI is InChI=1S/C16H13N3O5/c20-13(18-11-4-1-3-10(7-11)16(22)23)8-19-14(21)9-24-12-5-2-6-17-15(12)19/h1-7H,8-9H2,(H,18,20)(H,22,23). The Bertz CT molecular complexity index is 821. The molecule has 0 saturated carbocycles. The van der Waals surface area contributed by atoms with Crippen molar-refractivity contribution in [2.24, 2.45) is 0 Å². The van der Waals surface area contributed by atoms with E-state index < -0.39 is 11.9 Å². The minimum atomic E-state index is -1.09. The third-order valence-corrected chi connectivity index (χ3v) is 3.35. The summed E-state index contributed by atoms with van der Waals surface area (Å²) in [7, 11) is 0. The number of hydrogen-bond donors (Lipinski definition) is 2. The second-order valence-corrected chi connectivity index (χ2v) is 5.03. The van der Waals surface area contributed by atoms with Crippen molar-refractivity contribution in [3.8, 4) is 5.75 Å². The molecular weight excluding hydrogens is 314 g/mol. The lowest BCUT2D eigenvalue weighted by molar-refractivity contribution is -0.123. The van der Waals surface area contributed by atoms with E-state index in [0.29, 0.717) is 11.4 Å². The lowest BCUT2D eigenvalue weighted by Gasteiger charge is -2.27. The van der Waals surface area contributed by atoms with Gasteiger partial charge in [-0.05, 0) is 30.3 Å². The zero-order valence-electron chi connectivity index (χ0n) is 12.4. The number of carbonyl (C=O) groups is 3. The number of aromatic nitrogens is 1. The Morgan fingerprint density at radius 1 is 1.29 bits per heavy atom. The Hall–Kier alpha value is -3.42. The van der Waals surface area contributed by atoms with Crippen LogP contribution in [0, 0.1) is 0 Å². The maximum absolute atomic E-state index is 12.2. The molecule has 2 amide bonds. The fourth-order valence-electron chi connectivity index (χ4n) is 2.27. The van der Waals surface area contributed by atoms with Crippen molar-refractivity contribution < 1.29 is 24.2 Å². The summed E-state index contributed by atoms with van der Waals surface area (Å²) in [6.45, 7) is -0.413. The molecule has 1 aromatic heterocycles. The van der Waals surface area contributed by atoms with Crippen LogP contribution in [0.2, 0.25) is 0 Å². The van der Waals surface area contributed by atoms with Crippen LogP contribution in [0.4, 0.5) is 11.5 Å². The smallest absolute Gasteiger partial charge is 0.335 e. The van der Waals surface area contributed by atoms with Crippen molar-refractivity contribution in [3.63, 3.8) is 0 Å². The first-order valence-corrected chi connectivity index (χ1v) is 7.06. The summed E-state index contributed by atoms with van der Waals surface area (Å²) in [6, 6.07) is 9.19. The molecule has 1 aromatic carbocycles. The highest BCUT2D eigenvalue weighted by molar-refractivity contribution is 6.04. The van der Waals surface area contributed by atoms with Crippen LogP contribution in [0.5, 0.6) is 5.75 Å². The zero-order valence-corrected chi connectivity index (χ0v) is 12.4. The number of carbonyl (C=O) groups excluding carboxylic acids is 2. The minimum absolute atomic E-state index is 0.0576. The first kappa shape index (κ1) is 15.5. The fraction of sp³-hybridized carbons (Fsp3) is 0.125. The summed E-state index contributed by atoms with van der Waals surface area (Å²) in [5, 5.41) is 11.5. The van der Waals surface area contributed by atoms with Gasteiger partial charge < -0.3 is 15.2 Å². The van der Waals surface area contributed by atoms with Crippen molar-refractivity contribution >= 4 is 29.3 Å². The topological polar surface area (TPSA) is 109 Å². The van der Waals surface area contributed by atoms with Crippen LogP contribution in [0.3, 0.4) is 0 Å². The minimum Gasteiger partial charge on any atom is -0.480 e. The third-order valence-electron chi connectivity index (χ3n) is 3.35. The molecule has 0 fully saturated rings. The third kappa shape index (κ3) is 3.17. The molecule has 8 nitrogen and oxygen atoms in total. The Morgan fingerprint density at radius 2 is 2.12 bits per heavy atom. The maximum Gasteiger partial charge on any atom is 0.335 e. The normalized spacial score (nSPS) is 13.0. The molecule has 0 saturated heterocycles. The molecule has 0 spiro atoms. The number of hydrogen-bond acceptors (Lipinski definition) is 5. The number of nitrogens with one attached hydrogen (secondary N) is 1. The first-order valence-electron chi connectivity index (χ1n) is 7.06. The largest absolute Gasteiger partial charge is 0.480 e. The summed E-state index contributed by atoms with van der Waals surface area (Å²) >= 11 is 0. The lowest BCUT2D eigenvalue weighted by atomic mass is 10.2. The second kappa shape index (κ2) is 6.37. The highest BCUT2D eigenvalue weighted by atomic mass is 16.5. The first-order chi connectivity index (χ1) is 11.5. The number of ether oxygens (including phenoxy) is 1. The molecule has 2 aromatic rings. The number of pyridine rings is 1. The molecule has 0 aliphatic carbocycles. The van der Waals surface area contributed by atoms with Crippen LogP contribution in [0.1, 0.15) is 10.4 Å². The van der Waals surface area contributed by atoms with Gasteiger partial charge in [0.05, 0.1) is 5.56 Å². The number of rotatable bonds is 4. The number of carboxylic acids is 1. The van der Waals surface area contributed by atoms with Crippen LogP contribution in [0.25, 0.3) is 0 Å². The highest BCUT2D eigenvalue weighted by Gasteiger charge is 2.28. The number of benzene rings is 1. The van der Waals surface area contributed by atoms with E-state index in [1.807, 2.05) is 0 Å². The molecule has 122 valence electrons. The molecule has 0 atom stereocenters. The number of amides is 2. The highest BCUT2D eigenvalue weighted by Crippen LogP contribution is 2.28. The van der Waals surface area contributed by atoms with E-state index in [-0.39, 0.29) is 30.4 Å². The number of nitrogens with zero attached hydrogens (tertiary/aromatic N) is 2. The van der Waals surface area contributed by atoms with Crippen LogP contribution < -0.4 is 15.0 Å². The monoisotopic (exact) mass is 327 g/mol. The van der Waals surface area contributed by atoms with E-state index in [0.717, 1.165) is 0 Å². The van der Waals surface area contributed by atoms with Crippen LogP contribution >= 0.6 is 0 Å². The van der Waals surface area contributed by atoms with Gasteiger partial charge in [-0.15, -0.1) is 0 Å². The molecule has 1 aliphatic heterocycles. The van der Waals surface area contributed by atoms with E-state index in [1.54, 1.807) is 18.2 Å². The molecule has 1 aliphatic rings. The van der Waals surface area contributed by atoms with E-state index >= 15 is 0 Å².